The van der Waals surface area contributed by atoms with Crippen LogP contribution in [0, 0.1) is 0 Å². The standard InChI is InChI=1S/C21H25NO4/c1-2-25-21(24)15-14-20(23)22-18-12-6-7-13-19(18)26-16-8-11-17-9-4-3-5-10-17/h3-7,9-10,12-13H,2,8,11,14-16H2,1H3,(H,22,23). The van der Waals surface area contributed by atoms with E-state index in [0.29, 0.717) is 24.7 Å². The molecule has 0 bridgehead atoms. The van der Waals surface area contributed by atoms with Crippen molar-refractivity contribution in [3.63, 3.8) is 0 Å². The molecule has 5 nitrogen and oxygen atoms in total. The first-order chi connectivity index (χ1) is 12.7. The van der Waals surface area contributed by atoms with Crippen LogP contribution >= 0.6 is 0 Å². The van der Waals surface area contributed by atoms with Gasteiger partial charge in [0.05, 0.1) is 25.3 Å². The van der Waals surface area contributed by atoms with Gasteiger partial charge in [0, 0.05) is 6.42 Å². The van der Waals surface area contributed by atoms with E-state index >= 15 is 0 Å². The lowest BCUT2D eigenvalue weighted by Gasteiger charge is -2.12. The molecular formula is C21H25NO4. The molecule has 0 spiro atoms. The summed E-state index contributed by atoms with van der Waals surface area (Å²) in [6.07, 6.45) is 1.98. The van der Waals surface area contributed by atoms with Gasteiger partial charge in [0.2, 0.25) is 5.91 Å². The predicted molar refractivity (Wildman–Crippen MR) is 101 cm³/mol. The molecular weight excluding hydrogens is 330 g/mol. The lowest BCUT2D eigenvalue weighted by Crippen LogP contribution is -2.15. The first-order valence-corrected chi connectivity index (χ1v) is 8.90. The maximum absolute atomic E-state index is 12.0. The number of aryl methyl sites for hydroxylation is 1. The minimum atomic E-state index is -0.368. The zero-order valence-corrected chi connectivity index (χ0v) is 15.1. The fraction of sp³-hybridized carbons (Fsp3) is 0.333. The molecule has 2 aromatic carbocycles. The fourth-order valence-electron chi connectivity index (χ4n) is 2.46. The highest BCUT2D eigenvalue weighted by Crippen LogP contribution is 2.24. The van der Waals surface area contributed by atoms with Crippen LogP contribution < -0.4 is 10.1 Å². The number of rotatable bonds is 10. The van der Waals surface area contributed by atoms with E-state index in [1.807, 2.05) is 36.4 Å². The second kappa shape index (κ2) is 10.9. The zero-order valence-electron chi connectivity index (χ0n) is 15.1. The van der Waals surface area contributed by atoms with E-state index in [9.17, 15) is 9.59 Å². The largest absolute Gasteiger partial charge is 0.491 e. The van der Waals surface area contributed by atoms with Gasteiger partial charge in [-0.05, 0) is 37.5 Å². The van der Waals surface area contributed by atoms with Crippen LogP contribution in [-0.2, 0) is 20.7 Å². The molecule has 0 aromatic heterocycles. The number of benzene rings is 2. The Hall–Kier alpha value is -2.82. The Morgan fingerprint density at radius 1 is 0.962 bits per heavy atom. The van der Waals surface area contributed by atoms with Gasteiger partial charge in [0.15, 0.2) is 0 Å². The number of ether oxygens (including phenoxy) is 2. The van der Waals surface area contributed by atoms with Crippen LogP contribution in [0.5, 0.6) is 5.75 Å². The predicted octanol–water partition coefficient (Wildman–Crippen LogP) is 3.98. The number of nitrogens with one attached hydrogen (secondary N) is 1. The summed E-state index contributed by atoms with van der Waals surface area (Å²) in [6.45, 7) is 2.62. The molecule has 0 saturated heterocycles. The van der Waals surface area contributed by atoms with E-state index < -0.39 is 0 Å². The third-order valence-corrected chi connectivity index (χ3v) is 3.73. The number of hydrogen-bond donors (Lipinski definition) is 1. The summed E-state index contributed by atoms with van der Waals surface area (Å²) in [4.78, 5) is 23.3. The van der Waals surface area contributed by atoms with Crippen molar-refractivity contribution in [2.75, 3.05) is 18.5 Å². The first-order valence-electron chi connectivity index (χ1n) is 8.90. The molecule has 0 atom stereocenters. The van der Waals surface area contributed by atoms with Gasteiger partial charge in [-0.25, -0.2) is 0 Å². The number of amides is 1. The Labute approximate surface area is 154 Å². The molecule has 0 aliphatic carbocycles. The van der Waals surface area contributed by atoms with Crippen molar-refractivity contribution in [1.82, 2.24) is 0 Å². The number of hydrogen-bond acceptors (Lipinski definition) is 4. The number of carbonyl (C=O) groups excluding carboxylic acids is 2. The van der Waals surface area contributed by atoms with Crippen molar-refractivity contribution in [2.24, 2.45) is 0 Å². The van der Waals surface area contributed by atoms with Crippen molar-refractivity contribution >= 4 is 17.6 Å². The molecule has 0 radical (unpaired) electrons. The third kappa shape index (κ3) is 6.97. The van der Waals surface area contributed by atoms with E-state index in [0.717, 1.165) is 12.8 Å². The summed E-state index contributed by atoms with van der Waals surface area (Å²) < 4.78 is 10.6. The van der Waals surface area contributed by atoms with Crippen LogP contribution in [0.15, 0.2) is 54.6 Å². The molecule has 1 N–H and O–H groups in total. The van der Waals surface area contributed by atoms with E-state index in [1.54, 1.807) is 13.0 Å². The van der Waals surface area contributed by atoms with Gasteiger partial charge in [0.25, 0.3) is 0 Å². The molecule has 0 unspecified atom stereocenters. The van der Waals surface area contributed by atoms with E-state index in [-0.39, 0.29) is 24.7 Å². The summed E-state index contributed by atoms with van der Waals surface area (Å²) in [5.74, 6) is 0.0246. The molecule has 0 saturated carbocycles. The second-order valence-electron chi connectivity index (χ2n) is 5.79. The molecule has 0 aliphatic rings. The lowest BCUT2D eigenvalue weighted by atomic mass is 10.1. The maximum Gasteiger partial charge on any atom is 0.306 e. The molecule has 26 heavy (non-hydrogen) atoms. The molecule has 1 amide bonds. The summed E-state index contributed by atoms with van der Waals surface area (Å²) >= 11 is 0. The van der Waals surface area contributed by atoms with Gasteiger partial charge in [-0.2, -0.15) is 0 Å². The van der Waals surface area contributed by atoms with Gasteiger partial charge < -0.3 is 14.8 Å². The van der Waals surface area contributed by atoms with E-state index in [4.69, 9.17) is 9.47 Å². The summed E-state index contributed by atoms with van der Waals surface area (Å²) in [7, 11) is 0. The van der Waals surface area contributed by atoms with Crippen molar-refractivity contribution in [2.45, 2.75) is 32.6 Å². The van der Waals surface area contributed by atoms with Gasteiger partial charge in [-0.15, -0.1) is 0 Å². The summed E-state index contributed by atoms with van der Waals surface area (Å²) in [5.41, 5.74) is 1.89. The van der Waals surface area contributed by atoms with Gasteiger partial charge in [0.1, 0.15) is 5.75 Å². The highest BCUT2D eigenvalue weighted by atomic mass is 16.5. The average Bonchev–Trinajstić information content (AvgIpc) is 2.66. The van der Waals surface area contributed by atoms with Crippen molar-refractivity contribution in [3.8, 4) is 5.75 Å². The number of carbonyl (C=O) groups is 2. The second-order valence-corrected chi connectivity index (χ2v) is 5.79. The highest BCUT2D eigenvalue weighted by molar-refractivity contribution is 5.93. The highest BCUT2D eigenvalue weighted by Gasteiger charge is 2.10. The van der Waals surface area contributed by atoms with Crippen molar-refractivity contribution in [1.29, 1.82) is 0 Å². The normalized spacial score (nSPS) is 10.2. The molecule has 138 valence electrons. The monoisotopic (exact) mass is 355 g/mol. The quantitative estimate of drug-likeness (QED) is 0.517. The molecule has 0 fully saturated rings. The Morgan fingerprint density at radius 2 is 1.69 bits per heavy atom. The van der Waals surface area contributed by atoms with Gasteiger partial charge in [-0.3, -0.25) is 9.59 Å². The Balaban J connectivity index is 1.79. The first kappa shape index (κ1) is 19.5. The minimum Gasteiger partial charge on any atom is -0.491 e. The zero-order chi connectivity index (χ0) is 18.6. The maximum atomic E-state index is 12.0. The number of esters is 1. The van der Waals surface area contributed by atoms with Gasteiger partial charge in [-0.1, -0.05) is 42.5 Å². The smallest absolute Gasteiger partial charge is 0.306 e. The van der Waals surface area contributed by atoms with Crippen LogP contribution in [0.4, 0.5) is 5.69 Å². The number of anilines is 1. The van der Waals surface area contributed by atoms with Crippen LogP contribution in [0.1, 0.15) is 31.7 Å². The van der Waals surface area contributed by atoms with Crippen LogP contribution in [0.25, 0.3) is 0 Å². The van der Waals surface area contributed by atoms with E-state index in [2.05, 4.69) is 17.4 Å². The molecule has 0 heterocycles. The van der Waals surface area contributed by atoms with Gasteiger partial charge >= 0.3 is 5.97 Å². The molecule has 2 aromatic rings. The average molecular weight is 355 g/mol. The molecule has 5 heteroatoms. The number of para-hydroxylation sites is 2. The van der Waals surface area contributed by atoms with Crippen LogP contribution in [-0.4, -0.2) is 25.1 Å². The van der Waals surface area contributed by atoms with Crippen molar-refractivity contribution in [3.05, 3.63) is 60.2 Å². The molecule has 0 aliphatic heterocycles. The summed E-state index contributed by atoms with van der Waals surface area (Å²) in [5, 5.41) is 2.79. The van der Waals surface area contributed by atoms with Crippen molar-refractivity contribution < 1.29 is 19.1 Å². The Kier molecular flexibility index (Phi) is 8.19. The third-order valence-electron chi connectivity index (χ3n) is 3.73. The SMILES string of the molecule is CCOC(=O)CCC(=O)Nc1ccccc1OCCCc1ccccc1. The van der Waals surface area contributed by atoms with Crippen LogP contribution in [0.3, 0.4) is 0 Å². The summed E-state index contributed by atoms with van der Waals surface area (Å²) in [6, 6.07) is 17.5. The van der Waals surface area contributed by atoms with E-state index in [1.165, 1.54) is 5.56 Å². The molecule has 2 rings (SSSR count). The topological polar surface area (TPSA) is 64.6 Å². The van der Waals surface area contributed by atoms with Crippen LogP contribution in [0.2, 0.25) is 0 Å². The fourth-order valence-corrected chi connectivity index (χ4v) is 2.46. The lowest BCUT2D eigenvalue weighted by molar-refractivity contribution is -0.144. The Morgan fingerprint density at radius 3 is 2.46 bits per heavy atom. The Bertz CT molecular complexity index is 700. The minimum absolute atomic E-state index is 0.0692.